The lowest BCUT2D eigenvalue weighted by Crippen LogP contribution is -2.43. The Kier molecular flexibility index (Phi) is 5.12. The van der Waals surface area contributed by atoms with E-state index in [9.17, 15) is 9.90 Å². The highest BCUT2D eigenvalue weighted by Crippen LogP contribution is 2.11. The number of hydrogen-bond donors (Lipinski definition) is 3. The Morgan fingerprint density at radius 2 is 2.00 bits per heavy atom. The first kappa shape index (κ1) is 14.5. The molecule has 1 unspecified atom stereocenters. The normalized spacial score (nSPS) is 13.8. The molecular weight excluding hydrogens is 234 g/mol. The van der Waals surface area contributed by atoms with E-state index in [1.165, 1.54) is 6.92 Å². The van der Waals surface area contributed by atoms with Gasteiger partial charge in [-0.2, -0.15) is 0 Å². The van der Waals surface area contributed by atoms with Gasteiger partial charge in [-0.1, -0.05) is 12.1 Å². The molecule has 0 spiro atoms. The van der Waals surface area contributed by atoms with Crippen molar-refractivity contribution in [1.29, 1.82) is 0 Å². The standard InChI is InChI=1S/C13H19NO4/c1-13(17,9-15)8-14-12(16)7-10-3-5-11(18-2)6-4-10/h3-6,15,17H,7-9H2,1-2H3,(H,14,16). The molecule has 0 fully saturated rings. The summed E-state index contributed by atoms with van der Waals surface area (Å²) in [5, 5.41) is 20.9. The summed E-state index contributed by atoms with van der Waals surface area (Å²) >= 11 is 0. The minimum Gasteiger partial charge on any atom is -0.497 e. The molecule has 0 heterocycles. The monoisotopic (exact) mass is 253 g/mol. The van der Waals surface area contributed by atoms with Gasteiger partial charge in [0.1, 0.15) is 11.4 Å². The maximum atomic E-state index is 11.6. The molecule has 0 radical (unpaired) electrons. The van der Waals surface area contributed by atoms with Gasteiger partial charge in [0.05, 0.1) is 20.1 Å². The van der Waals surface area contributed by atoms with E-state index in [-0.39, 0.29) is 18.9 Å². The summed E-state index contributed by atoms with van der Waals surface area (Å²) in [6, 6.07) is 7.18. The molecule has 0 saturated carbocycles. The van der Waals surface area contributed by atoms with E-state index in [0.29, 0.717) is 0 Å². The maximum absolute atomic E-state index is 11.6. The average molecular weight is 253 g/mol. The van der Waals surface area contributed by atoms with E-state index in [1.54, 1.807) is 19.2 Å². The molecule has 0 aromatic heterocycles. The zero-order chi connectivity index (χ0) is 13.6. The van der Waals surface area contributed by atoms with E-state index in [1.807, 2.05) is 12.1 Å². The van der Waals surface area contributed by atoms with Crippen LogP contribution in [-0.2, 0) is 11.2 Å². The van der Waals surface area contributed by atoms with Crippen molar-refractivity contribution in [3.05, 3.63) is 29.8 Å². The summed E-state index contributed by atoms with van der Waals surface area (Å²) in [6.45, 7) is 1.09. The number of amides is 1. The van der Waals surface area contributed by atoms with Crippen molar-refractivity contribution in [2.24, 2.45) is 0 Å². The van der Waals surface area contributed by atoms with Gasteiger partial charge >= 0.3 is 0 Å². The van der Waals surface area contributed by atoms with E-state index in [4.69, 9.17) is 9.84 Å². The fraction of sp³-hybridized carbons (Fsp3) is 0.462. The van der Waals surface area contributed by atoms with Gasteiger partial charge in [0.15, 0.2) is 0 Å². The highest BCUT2D eigenvalue weighted by Gasteiger charge is 2.19. The van der Waals surface area contributed by atoms with Gasteiger partial charge in [-0.25, -0.2) is 0 Å². The van der Waals surface area contributed by atoms with Crippen LogP contribution < -0.4 is 10.1 Å². The predicted molar refractivity (Wildman–Crippen MR) is 67.4 cm³/mol. The molecular formula is C13H19NO4. The van der Waals surface area contributed by atoms with Crippen LogP contribution in [-0.4, -0.2) is 42.0 Å². The third-order valence-electron chi connectivity index (χ3n) is 2.53. The van der Waals surface area contributed by atoms with Gasteiger partial charge in [-0.3, -0.25) is 4.79 Å². The second-order valence-electron chi connectivity index (χ2n) is 4.46. The van der Waals surface area contributed by atoms with Gasteiger partial charge in [-0.05, 0) is 24.6 Å². The molecule has 18 heavy (non-hydrogen) atoms. The van der Waals surface area contributed by atoms with E-state index < -0.39 is 12.2 Å². The third kappa shape index (κ3) is 4.73. The molecule has 3 N–H and O–H groups in total. The predicted octanol–water partition coefficient (Wildman–Crippen LogP) is 0.0972. The van der Waals surface area contributed by atoms with Gasteiger partial charge in [-0.15, -0.1) is 0 Å². The summed E-state index contributed by atoms with van der Waals surface area (Å²) in [4.78, 5) is 11.6. The summed E-state index contributed by atoms with van der Waals surface area (Å²) in [6.07, 6.45) is 0.228. The van der Waals surface area contributed by atoms with Crippen LogP contribution in [0.2, 0.25) is 0 Å². The van der Waals surface area contributed by atoms with Crippen LogP contribution in [0.25, 0.3) is 0 Å². The van der Waals surface area contributed by atoms with Crippen LogP contribution in [0.3, 0.4) is 0 Å². The molecule has 0 bridgehead atoms. The fourth-order valence-corrected chi connectivity index (χ4v) is 1.34. The van der Waals surface area contributed by atoms with Crippen LogP contribution in [0, 0.1) is 0 Å². The van der Waals surface area contributed by atoms with Crippen molar-refractivity contribution in [3.63, 3.8) is 0 Å². The fourth-order valence-electron chi connectivity index (χ4n) is 1.34. The lowest BCUT2D eigenvalue weighted by Gasteiger charge is -2.20. The first-order valence-corrected chi connectivity index (χ1v) is 5.70. The second kappa shape index (κ2) is 6.37. The molecule has 100 valence electrons. The lowest BCUT2D eigenvalue weighted by atomic mass is 10.1. The quantitative estimate of drug-likeness (QED) is 0.671. The molecule has 5 heteroatoms. The van der Waals surface area contributed by atoms with Gasteiger partial charge < -0.3 is 20.3 Å². The molecule has 1 amide bonds. The molecule has 0 aliphatic heterocycles. The number of methoxy groups -OCH3 is 1. The molecule has 0 aliphatic rings. The minimum absolute atomic E-state index is 0.0263. The van der Waals surface area contributed by atoms with Gasteiger partial charge in [0.25, 0.3) is 0 Å². The molecule has 1 atom stereocenters. The van der Waals surface area contributed by atoms with Crippen LogP contribution in [0.4, 0.5) is 0 Å². The van der Waals surface area contributed by atoms with Gasteiger partial charge in [0.2, 0.25) is 5.91 Å². The SMILES string of the molecule is COc1ccc(CC(=O)NCC(C)(O)CO)cc1. The number of hydrogen-bond acceptors (Lipinski definition) is 4. The van der Waals surface area contributed by atoms with Crippen molar-refractivity contribution < 1.29 is 19.7 Å². The van der Waals surface area contributed by atoms with Crippen molar-refractivity contribution in [2.75, 3.05) is 20.3 Å². The second-order valence-corrected chi connectivity index (χ2v) is 4.46. The Balaban J connectivity index is 2.44. The highest BCUT2D eigenvalue weighted by molar-refractivity contribution is 5.78. The topological polar surface area (TPSA) is 78.8 Å². The number of nitrogens with one attached hydrogen (secondary N) is 1. The zero-order valence-electron chi connectivity index (χ0n) is 10.6. The highest BCUT2D eigenvalue weighted by atomic mass is 16.5. The summed E-state index contributed by atoms with van der Waals surface area (Å²) in [5.41, 5.74) is -0.424. The number of aliphatic hydroxyl groups is 2. The maximum Gasteiger partial charge on any atom is 0.224 e. The van der Waals surface area contributed by atoms with Crippen LogP contribution in [0.1, 0.15) is 12.5 Å². The number of carbonyl (C=O) groups is 1. The first-order valence-electron chi connectivity index (χ1n) is 5.70. The lowest BCUT2D eigenvalue weighted by molar-refractivity contribution is -0.121. The van der Waals surface area contributed by atoms with Crippen LogP contribution >= 0.6 is 0 Å². The van der Waals surface area contributed by atoms with E-state index in [0.717, 1.165) is 11.3 Å². The molecule has 0 saturated heterocycles. The van der Waals surface area contributed by atoms with Crippen LogP contribution in [0.15, 0.2) is 24.3 Å². The number of rotatable bonds is 6. The minimum atomic E-state index is -1.28. The smallest absolute Gasteiger partial charge is 0.224 e. The summed E-state index contributed by atoms with van der Waals surface area (Å²) < 4.78 is 5.02. The number of ether oxygens (including phenoxy) is 1. The third-order valence-corrected chi connectivity index (χ3v) is 2.53. The zero-order valence-corrected chi connectivity index (χ0v) is 10.6. The number of aliphatic hydroxyl groups excluding tert-OH is 1. The molecule has 1 aromatic rings. The Bertz CT molecular complexity index is 386. The summed E-state index contributed by atoms with van der Waals surface area (Å²) in [7, 11) is 1.58. The largest absolute Gasteiger partial charge is 0.497 e. The van der Waals surface area contributed by atoms with E-state index >= 15 is 0 Å². The molecule has 1 aromatic carbocycles. The molecule has 1 rings (SSSR count). The molecule has 0 aliphatic carbocycles. The van der Waals surface area contributed by atoms with Crippen molar-refractivity contribution >= 4 is 5.91 Å². The van der Waals surface area contributed by atoms with Crippen molar-refractivity contribution in [1.82, 2.24) is 5.32 Å². The Hall–Kier alpha value is -1.59. The Labute approximate surface area is 106 Å². The average Bonchev–Trinajstić information content (AvgIpc) is 2.37. The van der Waals surface area contributed by atoms with Crippen LogP contribution in [0.5, 0.6) is 5.75 Å². The Morgan fingerprint density at radius 3 is 2.50 bits per heavy atom. The number of carbonyl (C=O) groups excluding carboxylic acids is 1. The Morgan fingerprint density at radius 1 is 1.39 bits per heavy atom. The molecule has 5 nitrogen and oxygen atoms in total. The number of benzene rings is 1. The summed E-state index contributed by atoms with van der Waals surface area (Å²) in [5.74, 6) is 0.538. The first-order chi connectivity index (χ1) is 8.46. The van der Waals surface area contributed by atoms with E-state index in [2.05, 4.69) is 5.32 Å². The van der Waals surface area contributed by atoms with Crippen molar-refractivity contribution in [2.45, 2.75) is 18.9 Å². The van der Waals surface area contributed by atoms with Gasteiger partial charge in [0, 0.05) is 6.54 Å². The van der Waals surface area contributed by atoms with Crippen molar-refractivity contribution in [3.8, 4) is 5.75 Å².